The molecule has 0 spiro atoms. The SMILES string of the molecule is Nc1ccc2c(c1)CCC2NCC(F)F. The summed E-state index contributed by atoms with van der Waals surface area (Å²) in [5, 5.41) is 2.87. The number of nitrogens with one attached hydrogen (secondary N) is 1. The van der Waals surface area contributed by atoms with Crippen LogP contribution in [-0.4, -0.2) is 13.0 Å². The van der Waals surface area contributed by atoms with E-state index in [1.807, 2.05) is 18.2 Å². The highest BCUT2D eigenvalue weighted by atomic mass is 19.3. The minimum atomic E-state index is -2.29. The van der Waals surface area contributed by atoms with E-state index < -0.39 is 6.43 Å². The lowest BCUT2D eigenvalue weighted by Gasteiger charge is -2.13. The van der Waals surface area contributed by atoms with Gasteiger partial charge in [0.2, 0.25) is 0 Å². The Morgan fingerprint density at radius 1 is 1.47 bits per heavy atom. The van der Waals surface area contributed by atoms with Crippen molar-refractivity contribution in [1.82, 2.24) is 5.32 Å². The first kappa shape index (κ1) is 10.4. The summed E-state index contributed by atoms with van der Waals surface area (Å²) in [6, 6.07) is 5.75. The van der Waals surface area contributed by atoms with Gasteiger partial charge >= 0.3 is 0 Å². The number of anilines is 1. The van der Waals surface area contributed by atoms with Crippen molar-refractivity contribution in [3.8, 4) is 0 Å². The van der Waals surface area contributed by atoms with Crippen molar-refractivity contribution >= 4 is 5.69 Å². The van der Waals surface area contributed by atoms with Crippen LogP contribution in [0.5, 0.6) is 0 Å². The summed E-state index contributed by atoms with van der Waals surface area (Å²) in [5.74, 6) is 0. The van der Waals surface area contributed by atoms with Crippen molar-refractivity contribution in [1.29, 1.82) is 0 Å². The van der Waals surface area contributed by atoms with Crippen molar-refractivity contribution in [2.45, 2.75) is 25.3 Å². The molecule has 0 amide bonds. The average molecular weight is 212 g/mol. The maximum atomic E-state index is 12.0. The van der Waals surface area contributed by atoms with Crippen LogP contribution in [0.3, 0.4) is 0 Å². The summed E-state index contributed by atoms with van der Waals surface area (Å²) in [7, 11) is 0. The van der Waals surface area contributed by atoms with Crippen LogP contribution in [0.15, 0.2) is 18.2 Å². The van der Waals surface area contributed by atoms with E-state index in [1.165, 1.54) is 5.56 Å². The number of nitrogens with two attached hydrogens (primary N) is 1. The first-order valence-corrected chi connectivity index (χ1v) is 5.06. The van der Waals surface area contributed by atoms with E-state index in [-0.39, 0.29) is 12.6 Å². The van der Waals surface area contributed by atoms with Gasteiger partial charge in [0.1, 0.15) is 0 Å². The fourth-order valence-electron chi connectivity index (χ4n) is 2.08. The molecule has 1 aromatic rings. The molecule has 2 rings (SSSR count). The van der Waals surface area contributed by atoms with Gasteiger partial charge in [-0.25, -0.2) is 8.78 Å². The van der Waals surface area contributed by atoms with E-state index in [9.17, 15) is 8.78 Å². The highest BCUT2D eigenvalue weighted by Gasteiger charge is 2.22. The summed E-state index contributed by atoms with van der Waals surface area (Å²) in [4.78, 5) is 0. The third-order valence-corrected chi connectivity index (χ3v) is 2.76. The zero-order valence-corrected chi connectivity index (χ0v) is 8.34. The molecule has 0 aliphatic heterocycles. The van der Waals surface area contributed by atoms with Gasteiger partial charge in [-0.3, -0.25) is 0 Å². The molecule has 0 saturated carbocycles. The minimum Gasteiger partial charge on any atom is -0.399 e. The molecule has 2 nitrogen and oxygen atoms in total. The Hall–Kier alpha value is -1.16. The molecule has 0 saturated heterocycles. The predicted molar refractivity (Wildman–Crippen MR) is 55.9 cm³/mol. The van der Waals surface area contributed by atoms with Crippen molar-refractivity contribution in [3.05, 3.63) is 29.3 Å². The Bertz CT molecular complexity index is 352. The summed E-state index contributed by atoms with van der Waals surface area (Å²) < 4.78 is 24.1. The van der Waals surface area contributed by atoms with Crippen LogP contribution in [0, 0.1) is 0 Å². The van der Waals surface area contributed by atoms with Gasteiger partial charge in [0.25, 0.3) is 6.43 Å². The fourth-order valence-corrected chi connectivity index (χ4v) is 2.08. The van der Waals surface area contributed by atoms with Gasteiger partial charge in [0.05, 0.1) is 6.54 Å². The molecule has 0 heterocycles. The fraction of sp³-hybridized carbons (Fsp3) is 0.455. The van der Waals surface area contributed by atoms with Gasteiger partial charge in [0.15, 0.2) is 0 Å². The minimum absolute atomic E-state index is 0.0644. The number of halogens is 2. The van der Waals surface area contributed by atoms with E-state index in [4.69, 9.17) is 5.73 Å². The zero-order valence-electron chi connectivity index (χ0n) is 8.34. The van der Waals surface area contributed by atoms with Crippen molar-refractivity contribution in [3.63, 3.8) is 0 Å². The monoisotopic (exact) mass is 212 g/mol. The Balaban J connectivity index is 2.08. The molecular formula is C11H14F2N2. The normalized spacial score (nSPS) is 19.5. The highest BCUT2D eigenvalue weighted by Crippen LogP contribution is 2.32. The van der Waals surface area contributed by atoms with Crippen molar-refractivity contribution in [2.24, 2.45) is 0 Å². The molecule has 0 aromatic heterocycles. The first-order valence-electron chi connectivity index (χ1n) is 5.06. The molecule has 1 aromatic carbocycles. The standard InChI is InChI=1S/C11H14F2N2/c12-11(13)6-15-10-4-1-7-5-8(14)2-3-9(7)10/h2-3,5,10-11,15H,1,4,6,14H2. The predicted octanol–water partition coefficient (Wildman–Crippen LogP) is 2.11. The van der Waals surface area contributed by atoms with Crippen molar-refractivity contribution in [2.75, 3.05) is 12.3 Å². The number of rotatable bonds is 3. The molecular weight excluding hydrogens is 198 g/mol. The lowest BCUT2D eigenvalue weighted by atomic mass is 10.1. The number of nitrogen functional groups attached to an aromatic ring is 1. The van der Waals surface area contributed by atoms with Crippen LogP contribution in [0.4, 0.5) is 14.5 Å². The number of hydrogen-bond donors (Lipinski definition) is 2. The van der Waals surface area contributed by atoms with Crippen LogP contribution in [0.25, 0.3) is 0 Å². The lowest BCUT2D eigenvalue weighted by Crippen LogP contribution is -2.25. The molecule has 0 radical (unpaired) electrons. The van der Waals surface area contributed by atoms with Gasteiger partial charge in [-0.05, 0) is 36.1 Å². The van der Waals surface area contributed by atoms with Gasteiger partial charge in [0, 0.05) is 11.7 Å². The van der Waals surface area contributed by atoms with Crippen molar-refractivity contribution < 1.29 is 8.78 Å². The molecule has 1 aliphatic rings. The summed E-state index contributed by atoms with van der Waals surface area (Å²) in [5.41, 5.74) is 8.69. The van der Waals surface area contributed by atoms with E-state index in [1.54, 1.807) is 0 Å². The molecule has 15 heavy (non-hydrogen) atoms. The second-order valence-electron chi connectivity index (χ2n) is 3.85. The second kappa shape index (κ2) is 4.14. The number of hydrogen-bond acceptors (Lipinski definition) is 2. The average Bonchev–Trinajstić information content (AvgIpc) is 2.57. The molecule has 4 heteroatoms. The summed E-state index contributed by atoms with van der Waals surface area (Å²) in [6.45, 7) is -0.242. The number of fused-ring (bicyclic) bond motifs is 1. The molecule has 1 unspecified atom stereocenters. The second-order valence-corrected chi connectivity index (χ2v) is 3.85. The smallest absolute Gasteiger partial charge is 0.250 e. The van der Waals surface area contributed by atoms with E-state index in [0.717, 1.165) is 24.1 Å². The van der Waals surface area contributed by atoms with Crippen LogP contribution >= 0.6 is 0 Å². The van der Waals surface area contributed by atoms with Crippen LogP contribution in [-0.2, 0) is 6.42 Å². The molecule has 82 valence electrons. The molecule has 0 bridgehead atoms. The highest BCUT2D eigenvalue weighted by molar-refractivity contribution is 5.47. The molecule has 1 atom stereocenters. The molecule has 3 N–H and O–H groups in total. The Morgan fingerprint density at radius 3 is 3.00 bits per heavy atom. The van der Waals surface area contributed by atoms with E-state index >= 15 is 0 Å². The van der Waals surface area contributed by atoms with Gasteiger partial charge in [-0.15, -0.1) is 0 Å². The van der Waals surface area contributed by atoms with Crippen LogP contribution in [0.2, 0.25) is 0 Å². The number of alkyl halides is 2. The first-order chi connectivity index (χ1) is 7.16. The quantitative estimate of drug-likeness (QED) is 0.753. The van der Waals surface area contributed by atoms with E-state index in [2.05, 4.69) is 5.32 Å². The zero-order chi connectivity index (χ0) is 10.8. The Morgan fingerprint density at radius 2 is 2.27 bits per heavy atom. The third kappa shape index (κ3) is 2.26. The number of aryl methyl sites for hydroxylation is 1. The van der Waals surface area contributed by atoms with Gasteiger partial charge < -0.3 is 11.1 Å². The van der Waals surface area contributed by atoms with Crippen LogP contribution in [0.1, 0.15) is 23.6 Å². The maximum absolute atomic E-state index is 12.0. The number of benzene rings is 1. The summed E-state index contributed by atoms with van der Waals surface area (Å²) >= 11 is 0. The van der Waals surface area contributed by atoms with E-state index in [0.29, 0.717) is 0 Å². The largest absolute Gasteiger partial charge is 0.399 e. The third-order valence-electron chi connectivity index (χ3n) is 2.76. The van der Waals surface area contributed by atoms with Gasteiger partial charge in [-0.2, -0.15) is 0 Å². The molecule has 0 fully saturated rings. The molecule has 1 aliphatic carbocycles. The summed E-state index contributed by atoms with van der Waals surface area (Å²) in [6.07, 6.45) is -0.491. The Labute approximate surface area is 87.5 Å². The van der Waals surface area contributed by atoms with Crippen LogP contribution < -0.4 is 11.1 Å². The Kier molecular flexibility index (Phi) is 2.86. The topological polar surface area (TPSA) is 38.0 Å². The lowest BCUT2D eigenvalue weighted by molar-refractivity contribution is 0.141. The van der Waals surface area contributed by atoms with Gasteiger partial charge in [-0.1, -0.05) is 6.07 Å². The maximum Gasteiger partial charge on any atom is 0.250 e.